The molecule has 3 aromatic carbocycles. The van der Waals surface area contributed by atoms with Crippen LogP contribution in [0.1, 0.15) is 18.4 Å². The Kier molecular flexibility index (Phi) is 6.01. The van der Waals surface area contributed by atoms with Crippen LogP contribution in [0, 0.1) is 0 Å². The summed E-state index contributed by atoms with van der Waals surface area (Å²) in [6, 6.07) is 23.5. The van der Waals surface area contributed by atoms with Crippen molar-refractivity contribution in [2.75, 3.05) is 26.2 Å². The second-order valence-electron chi connectivity index (χ2n) is 8.33. The summed E-state index contributed by atoms with van der Waals surface area (Å²) in [5, 5.41) is 0. The van der Waals surface area contributed by atoms with Crippen LogP contribution in [-0.2, 0) is 23.0 Å². The maximum atomic E-state index is 13.0. The highest BCUT2D eigenvalue weighted by Gasteiger charge is 2.29. The zero-order chi connectivity index (χ0) is 22.8. The molecule has 0 radical (unpaired) electrons. The van der Waals surface area contributed by atoms with Crippen LogP contribution in [0.5, 0.6) is 0 Å². The Bertz CT molecular complexity index is 1340. The second kappa shape index (κ2) is 9.09. The van der Waals surface area contributed by atoms with Crippen molar-refractivity contribution < 1.29 is 12.8 Å². The molecule has 0 bridgehead atoms. The highest BCUT2D eigenvalue weighted by atomic mass is 32.2. The summed E-state index contributed by atoms with van der Waals surface area (Å²) in [7, 11) is -3.47. The molecule has 0 saturated carbocycles. The average Bonchev–Trinajstić information content (AvgIpc) is 3.26. The van der Waals surface area contributed by atoms with Gasteiger partial charge in [0.05, 0.1) is 11.4 Å². The topological polar surface area (TPSA) is 66.7 Å². The average molecular weight is 462 g/mol. The highest BCUT2D eigenvalue weighted by Crippen LogP contribution is 2.25. The molecule has 1 aliphatic heterocycles. The fraction of sp³-hybridized carbons (Fsp3) is 0.269. The van der Waals surface area contributed by atoms with Gasteiger partial charge < -0.3 is 4.42 Å². The Morgan fingerprint density at radius 1 is 0.879 bits per heavy atom. The van der Waals surface area contributed by atoms with Crippen molar-refractivity contribution in [2.24, 2.45) is 0 Å². The van der Waals surface area contributed by atoms with Crippen molar-refractivity contribution in [1.82, 2.24) is 14.2 Å². The van der Waals surface area contributed by atoms with Crippen LogP contribution in [0.15, 0.2) is 82.1 Å². The third kappa shape index (κ3) is 4.57. The lowest BCUT2D eigenvalue weighted by Gasteiger charge is -2.33. The molecule has 7 heteroatoms. The quantitative estimate of drug-likeness (QED) is 0.421. The molecule has 4 aromatic rings. The molecule has 1 fully saturated rings. The Labute approximate surface area is 194 Å². The van der Waals surface area contributed by atoms with Crippen molar-refractivity contribution in [3.63, 3.8) is 0 Å². The third-order valence-corrected chi connectivity index (χ3v) is 8.11. The van der Waals surface area contributed by atoms with Gasteiger partial charge in [0.2, 0.25) is 15.9 Å². The summed E-state index contributed by atoms with van der Waals surface area (Å²) >= 11 is 0. The normalized spacial score (nSPS) is 15.8. The SMILES string of the molecule is CCc1ccc(S(=O)(=O)N2CCN(Cc3nc4cc(-c5ccccc5)ccc4o3)CC2)cc1. The first kappa shape index (κ1) is 21.8. The molecule has 6 nitrogen and oxygen atoms in total. The number of aromatic nitrogens is 1. The summed E-state index contributed by atoms with van der Waals surface area (Å²) in [4.78, 5) is 7.24. The zero-order valence-corrected chi connectivity index (χ0v) is 19.5. The lowest BCUT2D eigenvalue weighted by atomic mass is 10.1. The fourth-order valence-electron chi connectivity index (χ4n) is 4.22. The van der Waals surface area contributed by atoms with E-state index in [1.807, 2.05) is 48.5 Å². The van der Waals surface area contributed by atoms with Gasteiger partial charge in [-0.25, -0.2) is 13.4 Å². The Morgan fingerprint density at radius 2 is 1.61 bits per heavy atom. The minimum Gasteiger partial charge on any atom is -0.439 e. The molecule has 1 aromatic heterocycles. The maximum absolute atomic E-state index is 13.0. The summed E-state index contributed by atoms with van der Waals surface area (Å²) in [5.41, 5.74) is 4.98. The summed E-state index contributed by atoms with van der Waals surface area (Å²) < 4.78 is 33.5. The number of hydrogen-bond donors (Lipinski definition) is 0. The number of piperazine rings is 1. The number of fused-ring (bicyclic) bond motifs is 1. The van der Waals surface area contributed by atoms with E-state index in [1.165, 1.54) is 0 Å². The number of sulfonamides is 1. The van der Waals surface area contributed by atoms with Crippen LogP contribution in [-0.4, -0.2) is 48.8 Å². The van der Waals surface area contributed by atoms with E-state index >= 15 is 0 Å². The minimum absolute atomic E-state index is 0.362. The molecule has 0 amide bonds. The standard InChI is InChI=1S/C26H27N3O3S/c1-2-20-8-11-23(12-9-20)33(30,31)29-16-14-28(15-17-29)19-26-27-24-18-22(10-13-25(24)32-26)21-6-4-3-5-7-21/h3-13,18H,2,14-17,19H2,1H3. The van der Waals surface area contributed by atoms with Crippen molar-refractivity contribution in [3.05, 3.63) is 84.3 Å². The van der Waals surface area contributed by atoms with Gasteiger partial charge in [-0.2, -0.15) is 4.31 Å². The number of aryl methyl sites for hydroxylation is 1. The molecule has 170 valence electrons. The molecule has 5 rings (SSSR count). The maximum Gasteiger partial charge on any atom is 0.243 e. The lowest BCUT2D eigenvalue weighted by molar-refractivity contribution is 0.169. The van der Waals surface area contributed by atoms with Crippen LogP contribution >= 0.6 is 0 Å². The molecule has 0 aliphatic carbocycles. The van der Waals surface area contributed by atoms with E-state index < -0.39 is 10.0 Å². The van der Waals surface area contributed by atoms with Gasteiger partial charge in [0.15, 0.2) is 5.58 Å². The van der Waals surface area contributed by atoms with Gasteiger partial charge in [0, 0.05) is 26.2 Å². The zero-order valence-electron chi connectivity index (χ0n) is 18.6. The van der Waals surface area contributed by atoms with Gasteiger partial charge in [0.1, 0.15) is 5.52 Å². The molecular weight excluding hydrogens is 434 g/mol. The van der Waals surface area contributed by atoms with Gasteiger partial charge in [0.25, 0.3) is 0 Å². The Morgan fingerprint density at radius 3 is 2.30 bits per heavy atom. The molecule has 1 saturated heterocycles. The first-order chi connectivity index (χ1) is 16.0. The Hall–Kier alpha value is -3.00. The number of oxazole rings is 1. The van der Waals surface area contributed by atoms with E-state index in [9.17, 15) is 8.42 Å². The summed E-state index contributed by atoms with van der Waals surface area (Å²) in [5.74, 6) is 0.654. The van der Waals surface area contributed by atoms with Crippen molar-refractivity contribution in [1.29, 1.82) is 0 Å². The molecule has 1 aliphatic rings. The van der Waals surface area contributed by atoms with Crippen molar-refractivity contribution in [3.8, 4) is 11.1 Å². The van der Waals surface area contributed by atoms with Crippen LogP contribution in [0.2, 0.25) is 0 Å². The largest absolute Gasteiger partial charge is 0.439 e. The molecule has 0 N–H and O–H groups in total. The van der Waals surface area contributed by atoms with E-state index in [4.69, 9.17) is 4.42 Å². The molecular formula is C26H27N3O3S. The van der Waals surface area contributed by atoms with Crippen molar-refractivity contribution >= 4 is 21.1 Å². The van der Waals surface area contributed by atoms with Gasteiger partial charge in [-0.05, 0) is 47.4 Å². The number of rotatable bonds is 6. The predicted octanol–water partition coefficient (Wildman–Crippen LogP) is 4.56. The summed E-state index contributed by atoms with van der Waals surface area (Å²) in [6.07, 6.45) is 0.891. The predicted molar refractivity (Wildman–Crippen MR) is 129 cm³/mol. The van der Waals surface area contributed by atoms with E-state index in [2.05, 4.69) is 28.9 Å². The van der Waals surface area contributed by atoms with Crippen LogP contribution in [0.4, 0.5) is 0 Å². The highest BCUT2D eigenvalue weighted by molar-refractivity contribution is 7.89. The first-order valence-corrected chi connectivity index (χ1v) is 12.7. The van der Waals surface area contributed by atoms with Gasteiger partial charge in [-0.1, -0.05) is 55.5 Å². The first-order valence-electron chi connectivity index (χ1n) is 11.3. The number of nitrogens with zero attached hydrogens (tertiary/aromatic N) is 3. The summed E-state index contributed by atoms with van der Waals surface area (Å²) in [6.45, 7) is 4.81. The fourth-order valence-corrected chi connectivity index (χ4v) is 5.64. The van der Waals surface area contributed by atoms with E-state index in [1.54, 1.807) is 16.4 Å². The van der Waals surface area contributed by atoms with Crippen LogP contribution in [0.3, 0.4) is 0 Å². The van der Waals surface area contributed by atoms with Gasteiger partial charge in [-0.15, -0.1) is 0 Å². The Balaban J connectivity index is 1.24. The van der Waals surface area contributed by atoms with Crippen molar-refractivity contribution in [2.45, 2.75) is 24.8 Å². The minimum atomic E-state index is -3.47. The van der Waals surface area contributed by atoms with Crippen LogP contribution in [0.25, 0.3) is 22.2 Å². The smallest absolute Gasteiger partial charge is 0.243 e. The molecule has 0 unspecified atom stereocenters. The van der Waals surface area contributed by atoms with Crippen LogP contribution < -0.4 is 0 Å². The second-order valence-corrected chi connectivity index (χ2v) is 10.3. The monoisotopic (exact) mass is 461 g/mol. The van der Waals surface area contributed by atoms with E-state index in [0.29, 0.717) is 43.5 Å². The number of benzene rings is 3. The third-order valence-electron chi connectivity index (χ3n) is 6.20. The molecule has 33 heavy (non-hydrogen) atoms. The molecule has 0 atom stereocenters. The van der Waals surface area contributed by atoms with E-state index in [0.717, 1.165) is 34.2 Å². The van der Waals surface area contributed by atoms with E-state index in [-0.39, 0.29) is 0 Å². The number of hydrogen-bond acceptors (Lipinski definition) is 5. The van der Waals surface area contributed by atoms with Gasteiger partial charge in [-0.3, -0.25) is 4.90 Å². The van der Waals surface area contributed by atoms with Gasteiger partial charge >= 0.3 is 0 Å². The lowest BCUT2D eigenvalue weighted by Crippen LogP contribution is -2.48. The molecule has 2 heterocycles. The molecule has 0 spiro atoms.